The predicted octanol–water partition coefficient (Wildman–Crippen LogP) is 2.91. The minimum Gasteiger partial charge on any atom is -0.392 e. The third kappa shape index (κ3) is 4.52. The first-order chi connectivity index (χ1) is 9.55. The zero-order valence-electron chi connectivity index (χ0n) is 12.5. The third-order valence-corrected chi connectivity index (χ3v) is 4.83. The van der Waals surface area contributed by atoms with E-state index in [1.165, 1.54) is 0 Å². The van der Waals surface area contributed by atoms with E-state index in [2.05, 4.69) is 11.4 Å². The molecule has 4 heteroatoms. The Morgan fingerprint density at radius 1 is 1.35 bits per heavy atom. The molecule has 3 atom stereocenters. The van der Waals surface area contributed by atoms with Crippen molar-refractivity contribution in [1.82, 2.24) is 5.32 Å². The molecule has 0 heterocycles. The summed E-state index contributed by atoms with van der Waals surface area (Å²) in [5, 5.41) is 22.7. The number of aliphatic hydroxyl groups excluding tert-OH is 1. The lowest BCUT2D eigenvalue weighted by Gasteiger charge is -2.28. The molecule has 0 saturated carbocycles. The number of benzene rings is 1. The maximum Gasteiger partial charge on any atom is 0.133 e. The van der Waals surface area contributed by atoms with E-state index in [0.29, 0.717) is 0 Å². The molecule has 1 rings (SSSR count). The largest absolute Gasteiger partial charge is 0.392 e. The molecule has 20 heavy (non-hydrogen) atoms. The quantitative estimate of drug-likeness (QED) is 0.773. The molecule has 0 aliphatic heterocycles. The van der Waals surface area contributed by atoms with Crippen LogP contribution >= 0.6 is 11.8 Å². The fourth-order valence-corrected chi connectivity index (χ4v) is 3.13. The molecule has 2 N–H and O–H groups in total. The SMILES string of the molecule is CCNC(C#N)(CCSC(C)C(C)O)c1ccccc1. The highest BCUT2D eigenvalue weighted by molar-refractivity contribution is 7.99. The topological polar surface area (TPSA) is 56.0 Å². The molecule has 0 aliphatic rings. The van der Waals surface area contributed by atoms with Crippen molar-refractivity contribution in [3.8, 4) is 6.07 Å². The van der Waals surface area contributed by atoms with Crippen LogP contribution in [-0.4, -0.2) is 28.8 Å². The summed E-state index contributed by atoms with van der Waals surface area (Å²) >= 11 is 1.71. The van der Waals surface area contributed by atoms with Crippen molar-refractivity contribution in [3.05, 3.63) is 35.9 Å². The van der Waals surface area contributed by atoms with Crippen LogP contribution in [0.1, 0.15) is 32.8 Å². The zero-order valence-corrected chi connectivity index (χ0v) is 13.3. The van der Waals surface area contributed by atoms with Gasteiger partial charge in [0.15, 0.2) is 0 Å². The van der Waals surface area contributed by atoms with Crippen molar-refractivity contribution < 1.29 is 5.11 Å². The number of nitrogens with zero attached hydrogens (tertiary/aromatic N) is 1. The summed E-state index contributed by atoms with van der Waals surface area (Å²) in [4.78, 5) is 0. The number of hydrogen-bond donors (Lipinski definition) is 2. The maximum atomic E-state index is 9.66. The summed E-state index contributed by atoms with van der Waals surface area (Å²) in [5.41, 5.74) is 0.371. The Hall–Kier alpha value is -1.02. The molecule has 1 aromatic carbocycles. The van der Waals surface area contributed by atoms with Crippen molar-refractivity contribution in [2.45, 2.75) is 44.1 Å². The molecule has 0 amide bonds. The lowest BCUT2D eigenvalue weighted by molar-refractivity contribution is 0.196. The second-order valence-corrected chi connectivity index (χ2v) is 6.47. The molecule has 110 valence electrons. The highest BCUT2D eigenvalue weighted by Gasteiger charge is 2.31. The molecule has 0 fully saturated rings. The monoisotopic (exact) mass is 292 g/mol. The van der Waals surface area contributed by atoms with Crippen LogP contribution in [0.2, 0.25) is 0 Å². The van der Waals surface area contributed by atoms with Gasteiger partial charge in [0.25, 0.3) is 0 Å². The van der Waals surface area contributed by atoms with E-state index in [9.17, 15) is 10.4 Å². The molecule has 3 nitrogen and oxygen atoms in total. The van der Waals surface area contributed by atoms with Crippen LogP contribution in [0.15, 0.2) is 30.3 Å². The molecule has 0 aliphatic carbocycles. The smallest absolute Gasteiger partial charge is 0.133 e. The van der Waals surface area contributed by atoms with Gasteiger partial charge in [-0.1, -0.05) is 44.2 Å². The van der Waals surface area contributed by atoms with Crippen molar-refractivity contribution in [2.24, 2.45) is 0 Å². The molecular weight excluding hydrogens is 268 g/mol. The summed E-state index contributed by atoms with van der Waals surface area (Å²) in [7, 11) is 0. The zero-order chi connectivity index (χ0) is 15.0. The fraction of sp³-hybridized carbons (Fsp3) is 0.562. The van der Waals surface area contributed by atoms with Crippen molar-refractivity contribution in [3.63, 3.8) is 0 Å². The molecule has 0 spiro atoms. The Balaban J connectivity index is 2.78. The normalized spacial score (nSPS) is 16.9. The third-order valence-electron chi connectivity index (χ3n) is 3.47. The molecule has 0 bridgehead atoms. The van der Waals surface area contributed by atoms with E-state index >= 15 is 0 Å². The molecule has 3 unspecified atom stereocenters. The Morgan fingerprint density at radius 3 is 2.50 bits per heavy atom. The van der Waals surface area contributed by atoms with Gasteiger partial charge in [-0.2, -0.15) is 17.0 Å². The van der Waals surface area contributed by atoms with E-state index in [1.54, 1.807) is 18.7 Å². The fourth-order valence-electron chi connectivity index (χ4n) is 2.06. The van der Waals surface area contributed by atoms with Gasteiger partial charge in [-0.15, -0.1) is 0 Å². The van der Waals surface area contributed by atoms with E-state index in [1.807, 2.05) is 44.2 Å². The Bertz CT molecular complexity index is 430. The molecule has 0 radical (unpaired) electrons. The summed E-state index contributed by atoms with van der Waals surface area (Å²) in [6.45, 7) is 6.58. The number of aliphatic hydroxyl groups is 1. The number of nitrogens with one attached hydrogen (secondary N) is 1. The van der Waals surface area contributed by atoms with Crippen LogP contribution in [0.4, 0.5) is 0 Å². The van der Waals surface area contributed by atoms with E-state index in [4.69, 9.17) is 0 Å². The number of rotatable bonds is 8. The van der Waals surface area contributed by atoms with Gasteiger partial charge >= 0.3 is 0 Å². The average Bonchev–Trinajstić information content (AvgIpc) is 2.47. The second kappa shape index (κ2) is 8.31. The highest BCUT2D eigenvalue weighted by atomic mass is 32.2. The van der Waals surface area contributed by atoms with Crippen LogP contribution in [0, 0.1) is 11.3 Å². The Labute approximate surface area is 126 Å². The second-order valence-electron chi connectivity index (χ2n) is 4.98. The van der Waals surface area contributed by atoms with E-state index in [0.717, 1.165) is 24.3 Å². The lowest BCUT2D eigenvalue weighted by Crippen LogP contribution is -2.41. The van der Waals surface area contributed by atoms with Gasteiger partial charge in [-0.05, 0) is 31.2 Å². The minimum absolute atomic E-state index is 0.184. The molecule has 1 aromatic rings. The standard InChI is InChI=1S/C16H24N2OS/c1-4-18-16(12-17,15-8-6-5-7-9-15)10-11-20-14(3)13(2)19/h5-9,13-14,18-19H,4,10-11H2,1-3H3. The van der Waals surface area contributed by atoms with Crippen LogP contribution in [0.5, 0.6) is 0 Å². The highest BCUT2D eigenvalue weighted by Crippen LogP contribution is 2.27. The first-order valence-corrected chi connectivity index (χ1v) is 8.12. The summed E-state index contributed by atoms with van der Waals surface area (Å²) in [6, 6.07) is 12.3. The van der Waals surface area contributed by atoms with Crippen molar-refractivity contribution >= 4 is 11.8 Å². The van der Waals surface area contributed by atoms with Crippen molar-refractivity contribution in [2.75, 3.05) is 12.3 Å². The van der Waals surface area contributed by atoms with Gasteiger partial charge in [-0.25, -0.2) is 0 Å². The van der Waals surface area contributed by atoms with Gasteiger partial charge in [0.05, 0.1) is 12.2 Å². The van der Waals surface area contributed by atoms with Gasteiger partial charge < -0.3 is 5.11 Å². The molecular formula is C16H24N2OS. The average molecular weight is 292 g/mol. The molecule has 0 aromatic heterocycles. The van der Waals surface area contributed by atoms with Crippen LogP contribution < -0.4 is 5.32 Å². The van der Waals surface area contributed by atoms with Crippen LogP contribution in [0.25, 0.3) is 0 Å². The van der Waals surface area contributed by atoms with Gasteiger partial charge in [0.1, 0.15) is 5.54 Å². The van der Waals surface area contributed by atoms with Gasteiger partial charge in [-0.3, -0.25) is 5.32 Å². The Morgan fingerprint density at radius 2 is 2.00 bits per heavy atom. The van der Waals surface area contributed by atoms with E-state index < -0.39 is 5.54 Å². The van der Waals surface area contributed by atoms with Crippen LogP contribution in [0.3, 0.4) is 0 Å². The van der Waals surface area contributed by atoms with E-state index in [-0.39, 0.29) is 11.4 Å². The first-order valence-electron chi connectivity index (χ1n) is 7.07. The van der Waals surface area contributed by atoms with Gasteiger partial charge in [0, 0.05) is 5.25 Å². The predicted molar refractivity (Wildman–Crippen MR) is 85.6 cm³/mol. The summed E-state index contributed by atoms with van der Waals surface area (Å²) < 4.78 is 0. The summed E-state index contributed by atoms with van der Waals surface area (Å²) in [6.07, 6.45) is 0.399. The van der Waals surface area contributed by atoms with Crippen molar-refractivity contribution in [1.29, 1.82) is 5.26 Å². The number of thioether (sulfide) groups is 1. The number of nitriles is 1. The Kier molecular flexibility index (Phi) is 7.08. The maximum absolute atomic E-state index is 9.66. The van der Waals surface area contributed by atoms with Gasteiger partial charge in [0.2, 0.25) is 0 Å². The van der Waals surface area contributed by atoms with Crippen LogP contribution in [-0.2, 0) is 5.54 Å². The lowest BCUT2D eigenvalue weighted by atomic mass is 9.88. The number of hydrogen-bond acceptors (Lipinski definition) is 4. The minimum atomic E-state index is -0.637. The summed E-state index contributed by atoms with van der Waals surface area (Å²) in [5.74, 6) is 0.835. The first kappa shape index (κ1) is 17.0. The molecule has 0 saturated heterocycles.